The van der Waals surface area contributed by atoms with Crippen LogP contribution in [0.1, 0.15) is 28.1 Å². The van der Waals surface area contributed by atoms with Gasteiger partial charge in [-0.25, -0.2) is 14.4 Å². The van der Waals surface area contributed by atoms with Gasteiger partial charge in [-0.2, -0.15) is 0 Å². The summed E-state index contributed by atoms with van der Waals surface area (Å²) in [6.07, 6.45) is 0.823. The lowest BCUT2D eigenvalue weighted by Gasteiger charge is -2.11. The maximum absolute atomic E-state index is 12.9. The van der Waals surface area contributed by atoms with Crippen LogP contribution in [-0.2, 0) is 13.0 Å². The average molecular weight is 462 g/mol. The maximum Gasteiger partial charge on any atom is 0.191 e. The number of aliphatic imine (C=N–C) groups is 1. The molecule has 1 aromatic heterocycles. The summed E-state index contributed by atoms with van der Waals surface area (Å²) in [5.41, 5.74) is 2.15. The second-order valence-electron chi connectivity index (χ2n) is 5.24. The number of hydrogen-bond acceptors (Lipinski definition) is 3. The molecule has 0 unspecified atom stereocenters. The van der Waals surface area contributed by atoms with Gasteiger partial charge in [-0.05, 0) is 44.9 Å². The molecule has 0 spiro atoms. The fourth-order valence-corrected chi connectivity index (χ4v) is 3.05. The number of aromatic nitrogens is 1. The summed E-state index contributed by atoms with van der Waals surface area (Å²) in [6.45, 7) is 8.25. The van der Waals surface area contributed by atoms with Crippen LogP contribution in [0.4, 0.5) is 4.39 Å². The zero-order valence-electron chi connectivity index (χ0n) is 14.2. The number of thiazole rings is 1. The van der Waals surface area contributed by atoms with Gasteiger partial charge in [0.15, 0.2) is 5.96 Å². The minimum atomic E-state index is -0.202. The van der Waals surface area contributed by atoms with Crippen LogP contribution >= 0.6 is 35.3 Å². The Labute approximate surface area is 164 Å². The summed E-state index contributed by atoms with van der Waals surface area (Å²) in [5, 5.41) is 7.62. The van der Waals surface area contributed by atoms with E-state index in [1.54, 1.807) is 11.3 Å². The number of halogens is 2. The van der Waals surface area contributed by atoms with Crippen molar-refractivity contribution in [3.8, 4) is 0 Å². The molecule has 0 radical (unpaired) electrons. The summed E-state index contributed by atoms with van der Waals surface area (Å²) in [4.78, 5) is 10.2. The number of aryl methyl sites for hydroxylation is 2. The van der Waals surface area contributed by atoms with Gasteiger partial charge in [0.2, 0.25) is 0 Å². The first-order chi connectivity index (χ1) is 11.1. The van der Waals surface area contributed by atoms with Crippen LogP contribution in [0.25, 0.3) is 0 Å². The zero-order chi connectivity index (χ0) is 16.7. The average Bonchev–Trinajstić information content (AvgIpc) is 2.84. The standard InChI is InChI=1S/C17H23FN4S.HI/c1-4-19-17(21-11-16-12(2)22-13(3)23-16)20-10-9-14-5-7-15(18)8-6-14;/h5-8H,4,9-11H2,1-3H3,(H2,19,20,21);1H. The Kier molecular flexibility index (Phi) is 9.20. The predicted molar refractivity (Wildman–Crippen MR) is 110 cm³/mol. The lowest BCUT2D eigenvalue weighted by Crippen LogP contribution is -2.38. The Morgan fingerprint density at radius 3 is 2.50 bits per heavy atom. The molecule has 0 amide bonds. The predicted octanol–water partition coefficient (Wildman–Crippen LogP) is 3.81. The first kappa shape index (κ1) is 20.8. The molecular weight excluding hydrogens is 438 g/mol. The highest BCUT2D eigenvalue weighted by atomic mass is 127. The smallest absolute Gasteiger partial charge is 0.191 e. The Hall–Kier alpha value is -1.22. The molecule has 1 aromatic carbocycles. The van der Waals surface area contributed by atoms with Crippen LogP contribution < -0.4 is 10.6 Å². The Morgan fingerprint density at radius 1 is 1.21 bits per heavy atom. The molecule has 0 aliphatic carbocycles. The highest BCUT2D eigenvalue weighted by Crippen LogP contribution is 2.17. The Bertz CT molecular complexity index is 655. The van der Waals surface area contributed by atoms with E-state index in [1.807, 2.05) is 32.9 Å². The van der Waals surface area contributed by atoms with Gasteiger partial charge < -0.3 is 10.6 Å². The molecular formula is C17H24FIN4S. The molecule has 0 saturated carbocycles. The van der Waals surface area contributed by atoms with E-state index in [1.165, 1.54) is 17.0 Å². The van der Waals surface area contributed by atoms with Crippen molar-refractivity contribution in [3.05, 3.63) is 51.2 Å². The highest BCUT2D eigenvalue weighted by Gasteiger charge is 2.05. The molecule has 0 aliphatic heterocycles. The largest absolute Gasteiger partial charge is 0.357 e. The molecule has 7 heteroatoms. The summed E-state index contributed by atoms with van der Waals surface area (Å²) >= 11 is 1.69. The molecule has 2 rings (SSSR count). The molecule has 24 heavy (non-hydrogen) atoms. The molecule has 0 saturated heterocycles. The van der Waals surface area contributed by atoms with Gasteiger partial charge in [-0.15, -0.1) is 35.3 Å². The van der Waals surface area contributed by atoms with Gasteiger partial charge in [0.1, 0.15) is 5.82 Å². The highest BCUT2D eigenvalue weighted by molar-refractivity contribution is 14.0. The molecule has 0 fully saturated rings. The van der Waals surface area contributed by atoms with Crippen molar-refractivity contribution in [1.82, 2.24) is 15.6 Å². The van der Waals surface area contributed by atoms with Crippen molar-refractivity contribution in [1.29, 1.82) is 0 Å². The van der Waals surface area contributed by atoms with E-state index in [2.05, 4.69) is 20.6 Å². The Morgan fingerprint density at radius 2 is 1.92 bits per heavy atom. The number of hydrogen-bond donors (Lipinski definition) is 2. The third kappa shape index (κ3) is 6.72. The first-order valence-corrected chi connectivity index (χ1v) is 8.59. The normalized spacial score (nSPS) is 11.1. The van der Waals surface area contributed by atoms with Crippen molar-refractivity contribution in [3.63, 3.8) is 0 Å². The van der Waals surface area contributed by atoms with Crippen LogP contribution in [0.2, 0.25) is 0 Å². The van der Waals surface area contributed by atoms with E-state index in [4.69, 9.17) is 0 Å². The summed E-state index contributed by atoms with van der Waals surface area (Å²) in [6, 6.07) is 6.60. The van der Waals surface area contributed by atoms with Crippen molar-refractivity contribution in [2.75, 3.05) is 13.1 Å². The monoisotopic (exact) mass is 462 g/mol. The molecule has 0 atom stereocenters. The second-order valence-corrected chi connectivity index (χ2v) is 6.53. The number of nitrogens with one attached hydrogen (secondary N) is 2. The van der Waals surface area contributed by atoms with Gasteiger partial charge >= 0.3 is 0 Å². The molecule has 2 N–H and O–H groups in total. The third-order valence-corrected chi connectivity index (χ3v) is 4.40. The van der Waals surface area contributed by atoms with E-state index in [-0.39, 0.29) is 29.8 Å². The zero-order valence-corrected chi connectivity index (χ0v) is 17.4. The summed E-state index contributed by atoms with van der Waals surface area (Å²) in [5.74, 6) is 0.590. The minimum Gasteiger partial charge on any atom is -0.357 e. The van der Waals surface area contributed by atoms with Crippen molar-refractivity contribution in [2.45, 2.75) is 33.7 Å². The molecule has 1 heterocycles. The number of nitrogens with zero attached hydrogens (tertiary/aromatic N) is 2. The van der Waals surface area contributed by atoms with Gasteiger partial charge in [-0.3, -0.25) is 0 Å². The number of benzene rings is 1. The van der Waals surface area contributed by atoms with Crippen LogP contribution in [0.3, 0.4) is 0 Å². The lowest BCUT2D eigenvalue weighted by atomic mass is 10.1. The van der Waals surface area contributed by atoms with E-state index in [9.17, 15) is 4.39 Å². The fourth-order valence-electron chi connectivity index (χ4n) is 2.19. The van der Waals surface area contributed by atoms with Crippen LogP contribution in [0.15, 0.2) is 29.3 Å². The summed E-state index contributed by atoms with van der Waals surface area (Å²) < 4.78 is 12.9. The van der Waals surface area contributed by atoms with Crippen LogP contribution in [0.5, 0.6) is 0 Å². The summed E-state index contributed by atoms with van der Waals surface area (Å²) in [7, 11) is 0. The van der Waals surface area contributed by atoms with Gasteiger partial charge in [0.25, 0.3) is 0 Å². The maximum atomic E-state index is 12.9. The van der Waals surface area contributed by atoms with Crippen molar-refractivity contribution < 1.29 is 4.39 Å². The van der Waals surface area contributed by atoms with Gasteiger partial charge in [0, 0.05) is 18.0 Å². The molecule has 4 nitrogen and oxygen atoms in total. The number of rotatable bonds is 6. The second kappa shape index (κ2) is 10.6. The quantitative estimate of drug-likeness (QED) is 0.390. The van der Waals surface area contributed by atoms with Crippen molar-refractivity contribution in [2.24, 2.45) is 4.99 Å². The SMILES string of the molecule is CCNC(=NCc1sc(C)nc1C)NCCc1ccc(F)cc1.I. The van der Waals surface area contributed by atoms with Gasteiger partial charge in [-0.1, -0.05) is 12.1 Å². The number of guanidine groups is 1. The first-order valence-electron chi connectivity index (χ1n) is 7.78. The fraction of sp³-hybridized carbons (Fsp3) is 0.412. The topological polar surface area (TPSA) is 49.3 Å². The van der Waals surface area contributed by atoms with Crippen LogP contribution in [-0.4, -0.2) is 24.0 Å². The van der Waals surface area contributed by atoms with Crippen LogP contribution in [0, 0.1) is 19.7 Å². The minimum absolute atomic E-state index is 0. The molecule has 0 bridgehead atoms. The third-order valence-electron chi connectivity index (χ3n) is 3.34. The van der Waals surface area contributed by atoms with E-state index in [0.717, 1.165) is 41.7 Å². The Balaban J connectivity index is 0.00000288. The van der Waals surface area contributed by atoms with E-state index >= 15 is 0 Å². The van der Waals surface area contributed by atoms with Crippen molar-refractivity contribution >= 4 is 41.3 Å². The van der Waals surface area contributed by atoms with E-state index in [0.29, 0.717) is 6.54 Å². The lowest BCUT2D eigenvalue weighted by molar-refractivity contribution is 0.626. The molecule has 0 aliphatic rings. The molecule has 2 aromatic rings. The van der Waals surface area contributed by atoms with E-state index < -0.39 is 0 Å². The van der Waals surface area contributed by atoms with Gasteiger partial charge in [0.05, 0.1) is 17.2 Å². The molecule has 132 valence electrons.